The highest BCUT2D eigenvalue weighted by molar-refractivity contribution is 9.10. The molecular weight excluding hydrogens is 284 g/mol. The van der Waals surface area contributed by atoms with Crippen LogP contribution in [0.15, 0.2) is 22.9 Å². The summed E-state index contributed by atoms with van der Waals surface area (Å²) >= 11 is 5.37. The first-order valence-corrected chi connectivity index (χ1v) is 7.42. The van der Waals surface area contributed by atoms with Gasteiger partial charge in [0.2, 0.25) is 0 Å². The van der Waals surface area contributed by atoms with Gasteiger partial charge in [0, 0.05) is 33.9 Å². The van der Waals surface area contributed by atoms with Gasteiger partial charge in [-0.25, -0.2) is 0 Å². The van der Waals surface area contributed by atoms with Crippen LogP contribution in [0.1, 0.15) is 25.8 Å². The third kappa shape index (κ3) is 5.32. The number of thioether (sulfide) groups is 1. The van der Waals surface area contributed by atoms with E-state index in [1.54, 1.807) is 6.20 Å². The molecule has 2 unspecified atom stereocenters. The van der Waals surface area contributed by atoms with Gasteiger partial charge in [0.05, 0.1) is 0 Å². The summed E-state index contributed by atoms with van der Waals surface area (Å²) in [6.45, 7) is 4.46. The number of hydrogen-bond donors (Lipinski definition) is 1. The quantitative estimate of drug-likeness (QED) is 0.877. The van der Waals surface area contributed by atoms with E-state index in [0.29, 0.717) is 5.25 Å². The molecule has 0 spiro atoms. The van der Waals surface area contributed by atoms with Crippen LogP contribution in [0.2, 0.25) is 0 Å². The van der Waals surface area contributed by atoms with Crippen molar-refractivity contribution in [3.8, 4) is 0 Å². The number of nitrogens with zero attached hydrogens (tertiary/aromatic N) is 1. The summed E-state index contributed by atoms with van der Waals surface area (Å²) in [6, 6.07) is 2.30. The van der Waals surface area contributed by atoms with Crippen molar-refractivity contribution in [1.29, 1.82) is 0 Å². The Labute approximate surface area is 111 Å². The van der Waals surface area contributed by atoms with Gasteiger partial charge in [-0.3, -0.25) is 4.98 Å². The Morgan fingerprint density at radius 2 is 2.25 bits per heavy atom. The van der Waals surface area contributed by atoms with Crippen LogP contribution in [-0.2, 0) is 6.42 Å². The Balaban J connectivity index is 2.36. The minimum Gasteiger partial charge on any atom is -0.327 e. The fourth-order valence-corrected chi connectivity index (χ4v) is 2.68. The maximum atomic E-state index is 6.09. The lowest BCUT2D eigenvalue weighted by Gasteiger charge is -2.14. The Bertz CT molecular complexity index is 320. The molecule has 0 aromatic carbocycles. The van der Waals surface area contributed by atoms with Gasteiger partial charge in [0.15, 0.2) is 0 Å². The molecule has 4 heteroatoms. The monoisotopic (exact) mass is 302 g/mol. The maximum Gasteiger partial charge on any atom is 0.0410 e. The van der Waals surface area contributed by atoms with Gasteiger partial charge in [-0.05, 0) is 40.4 Å². The third-order valence-electron chi connectivity index (χ3n) is 2.43. The summed E-state index contributed by atoms with van der Waals surface area (Å²) < 4.78 is 1.02. The third-order valence-corrected chi connectivity index (χ3v) is 4.39. The molecule has 1 aromatic rings. The van der Waals surface area contributed by atoms with Crippen molar-refractivity contribution in [2.45, 2.75) is 38.0 Å². The molecule has 0 bridgehead atoms. The number of pyridine rings is 1. The fourth-order valence-electron chi connectivity index (χ4n) is 1.33. The first-order valence-electron chi connectivity index (χ1n) is 5.58. The predicted octanol–water partition coefficient (Wildman–Crippen LogP) is 3.25. The van der Waals surface area contributed by atoms with E-state index in [2.05, 4.69) is 40.8 Å². The molecule has 2 N–H and O–H groups in total. The van der Waals surface area contributed by atoms with Crippen LogP contribution in [0, 0.1) is 0 Å². The molecule has 0 amide bonds. The van der Waals surface area contributed by atoms with Crippen LogP contribution in [0.4, 0.5) is 0 Å². The number of nitrogens with two attached hydrogens (primary N) is 1. The van der Waals surface area contributed by atoms with E-state index in [1.807, 2.05) is 18.0 Å². The van der Waals surface area contributed by atoms with Crippen molar-refractivity contribution in [3.63, 3.8) is 0 Å². The molecule has 0 aliphatic carbocycles. The van der Waals surface area contributed by atoms with Crippen molar-refractivity contribution in [2.24, 2.45) is 5.73 Å². The summed E-state index contributed by atoms with van der Waals surface area (Å²) in [7, 11) is 0. The lowest BCUT2D eigenvalue weighted by molar-refractivity contribution is 0.742. The standard InChI is InChI=1S/C12H19BrN2S/c1-3-9(2)16-8-12(14)5-10-4-11(13)7-15-6-10/h4,6-7,9,12H,3,5,8,14H2,1-2H3. The normalized spacial score (nSPS) is 14.8. The highest BCUT2D eigenvalue weighted by Gasteiger charge is 2.07. The van der Waals surface area contributed by atoms with Crippen molar-refractivity contribution in [2.75, 3.05) is 5.75 Å². The second kappa shape index (κ2) is 7.30. The number of hydrogen-bond acceptors (Lipinski definition) is 3. The predicted molar refractivity (Wildman–Crippen MR) is 75.8 cm³/mol. The lowest BCUT2D eigenvalue weighted by atomic mass is 10.1. The van der Waals surface area contributed by atoms with E-state index >= 15 is 0 Å². The van der Waals surface area contributed by atoms with Gasteiger partial charge >= 0.3 is 0 Å². The van der Waals surface area contributed by atoms with Crippen molar-refractivity contribution >= 4 is 27.7 Å². The highest BCUT2D eigenvalue weighted by Crippen LogP contribution is 2.16. The maximum absolute atomic E-state index is 6.09. The van der Waals surface area contributed by atoms with Crippen LogP contribution < -0.4 is 5.73 Å². The molecule has 0 aliphatic heterocycles. The first kappa shape index (κ1) is 14.0. The second-order valence-corrected chi connectivity index (χ2v) is 6.41. The molecule has 0 aliphatic rings. The van der Waals surface area contributed by atoms with Crippen LogP contribution in [0.5, 0.6) is 0 Å². The van der Waals surface area contributed by atoms with E-state index < -0.39 is 0 Å². The zero-order chi connectivity index (χ0) is 12.0. The van der Waals surface area contributed by atoms with Gasteiger partial charge in [0.25, 0.3) is 0 Å². The molecule has 16 heavy (non-hydrogen) atoms. The summed E-state index contributed by atoms with van der Waals surface area (Å²) in [5, 5.41) is 0.701. The zero-order valence-electron chi connectivity index (χ0n) is 9.82. The fraction of sp³-hybridized carbons (Fsp3) is 0.583. The molecule has 1 heterocycles. The van der Waals surface area contributed by atoms with Crippen LogP contribution >= 0.6 is 27.7 Å². The number of rotatable bonds is 6. The average Bonchev–Trinajstić information content (AvgIpc) is 2.26. The Hall–Kier alpha value is -0.0600. The molecule has 1 aromatic heterocycles. The van der Waals surface area contributed by atoms with Crippen molar-refractivity contribution in [3.05, 3.63) is 28.5 Å². The molecule has 2 nitrogen and oxygen atoms in total. The van der Waals surface area contributed by atoms with Crippen molar-refractivity contribution < 1.29 is 0 Å². The minimum absolute atomic E-state index is 0.218. The van der Waals surface area contributed by atoms with E-state index in [1.165, 1.54) is 12.0 Å². The van der Waals surface area contributed by atoms with Gasteiger partial charge in [-0.1, -0.05) is 13.8 Å². The lowest BCUT2D eigenvalue weighted by Crippen LogP contribution is -2.26. The number of halogens is 1. The molecule has 2 atom stereocenters. The molecule has 0 saturated heterocycles. The van der Waals surface area contributed by atoms with E-state index in [9.17, 15) is 0 Å². The summed E-state index contributed by atoms with van der Waals surface area (Å²) in [5.41, 5.74) is 7.30. The molecule has 0 saturated carbocycles. The SMILES string of the molecule is CCC(C)SCC(N)Cc1cncc(Br)c1. The van der Waals surface area contributed by atoms with Crippen LogP contribution in [-0.4, -0.2) is 22.0 Å². The number of aromatic nitrogens is 1. The molecule has 1 rings (SSSR count). The summed E-state index contributed by atoms with van der Waals surface area (Å²) in [6.07, 6.45) is 5.78. The molecule has 0 fully saturated rings. The van der Waals surface area contributed by atoms with Crippen molar-refractivity contribution in [1.82, 2.24) is 4.98 Å². The van der Waals surface area contributed by atoms with Gasteiger partial charge in [-0.15, -0.1) is 0 Å². The van der Waals surface area contributed by atoms with E-state index in [-0.39, 0.29) is 6.04 Å². The Morgan fingerprint density at radius 3 is 2.88 bits per heavy atom. The van der Waals surface area contributed by atoms with Gasteiger partial charge in [-0.2, -0.15) is 11.8 Å². The zero-order valence-corrected chi connectivity index (χ0v) is 12.2. The molecular formula is C12H19BrN2S. The van der Waals surface area contributed by atoms with Crippen LogP contribution in [0.3, 0.4) is 0 Å². The second-order valence-electron chi connectivity index (χ2n) is 4.03. The summed E-state index contributed by atoms with van der Waals surface area (Å²) in [5.74, 6) is 1.02. The van der Waals surface area contributed by atoms with Gasteiger partial charge in [0.1, 0.15) is 0 Å². The van der Waals surface area contributed by atoms with E-state index in [0.717, 1.165) is 16.6 Å². The van der Waals surface area contributed by atoms with Gasteiger partial charge < -0.3 is 5.73 Å². The minimum atomic E-state index is 0.218. The largest absolute Gasteiger partial charge is 0.327 e. The van der Waals surface area contributed by atoms with E-state index in [4.69, 9.17) is 5.73 Å². The Morgan fingerprint density at radius 1 is 1.50 bits per heavy atom. The smallest absolute Gasteiger partial charge is 0.0410 e. The Kier molecular flexibility index (Phi) is 6.39. The average molecular weight is 303 g/mol. The highest BCUT2D eigenvalue weighted by atomic mass is 79.9. The molecule has 90 valence electrons. The van der Waals surface area contributed by atoms with Crippen LogP contribution in [0.25, 0.3) is 0 Å². The topological polar surface area (TPSA) is 38.9 Å². The molecule has 0 radical (unpaired) electrons. The first-order chi connectivity index (χ1) is 7.61. The summed E-state index contributed by atoms with van der Waals surface area (Å²) in [4.78, 5) is 4.14.